The second-order valence-corrected chi connectivity index (χ2v) is 5.51. The lowest BCUT2D eigenvalue weighted by Crippen LogP contribution is -2.31. The molecule has 0 amide bonds. The molecule has 0 spiro atoms. The molecule has 0 bridgehead atoms. The highest BCUT2D eigenvalue weighted by molar-refractivity contribution is 4.86. The number of ether oxygens (including phenoxy) is 1. The molecule has 1 aliphatic rings. The van der Waals surface area contributed by atoms with Crippen molar-refractivity contribution in [2.24, 2.45) is 11.8 Å². The van der Waals surface area contributed by atoms with E-state index in [4.69, 9.17) is 4.74 Å². The summed E-state index contributed by atoms with van der Waals surface area (Å²) in [6.07, 6.45) is 6.63. The molecule has 1 fully saturated rings. The maximum absolute atomic E-state index is 5.62. The van der Waals surface area contributed by atoms with E-state index >= 15 is 0 Å². The van der Waals surface area contributed by atoms with Crippen molar-refractivity contribution in [1.82, 2.24) is 5.32 Å². The standard InChI is InChI=1S/C14H29NO/c1-4-9-15-14(13-7-8-13)6-5-10-16-11-12(2)3/h12-15H,4-11H2,1-3H3. The van der Waals surface area contributed by atoms with Crippen molar-refractivity contribution in [3.8, 4) is 0 Å². The SMILES string of the molecule is CCCNC(CCCOCC(C)C)C1CC1. The van der Waals surface area contributed by atoms with Gasteiger partial charge in [0.2, 0.25) is 0 Å². The lowest BCUT2D eigenvalue weighted by molar-refractivity contribution is 0.104. The highest BCUT2D eigenvalue weighted by Crippen LogP contribution is 2.34. The van der Waals surface area contributed by atoms with Crippen molar-refractivity contribution in [2.45, 2.75) is 58.9 Å². The molecule has 1 rings (SSSR count). The molecule has 16 heavy (non-hydrogen) atoms. The van der Waals surface area contributed by atoms with Gasteiger partial charge in [-0.2, -0.15) is 0 Å². The first-order valence-electron chi connectivity index (χ1n) is 7.05. The van der Waals surface area contributed by atoms with Crippen molar-refractivity contribution in [1.29, 1.82) is 0 Å². The number of rotatable bonds is 10. The van der Waals surface area contributed by atoms with Crippen LogP contribution < -0.4 is 5.32 Å². The molecular weight excluding hydrogens is 198 g/mol. The van der Waals surface area contributed by atoms with Crippen LogP contribution >= 0.6 is 0 Å². The van der Waals surface area contributed by atoms with Crippen LogP contribution in [0.4, 0.5) is 0 Å². The molecule has 1 unspecified atom stereocenters. The Morgan fingerprint density at radius 1 is 1.31 bits per heavy atom. The molecule has 0 heterocycles. The van der Waals surface area contributed by atoms with Gasteiger partial charge in [0.1, 0.15) is 0 Å². The van der Waals surface area contributed by atoms with E-state index in [-0.39, 0.29) is 0 Å². The summed E-state index contributed by atoms with van der Waals surface area (Å²) in [5.41, 5.74) is 0. The Morgan fingerprint density at radius 2 is 2.06 bits per heavy atom. The normalized spacial score (nSPS) is 18.0. The molecule has 1 atom stereocenters. The van der Waals surface area contributed by atoms with Gasteiger partial charge in [-0.05, 0) is 50.5 Å². The predicted octanol–water partition coefficient (Wildman–Crippen LogP) is 3.22. The first-order chi connectivity index (χ1) is 7.74. The Hall–Kier alpha value is -0.0800. The van der Waals surface area contributed by atoms with E-state index in [2.05, 4.69) is 26.1 Å². The number of nitrogens with one attached hydrogen (secondary N) is 1. The van der Waals surface area contributed by atoms with Crippen LogP contribution in [0.3, 0.4) is 0 Å². The van der Waals surface area contributed by atoms with Crippen LogP contribution in [-0.2, 0) is 4.74 Å². The second-order valence-electron chi connectivity index (χ2n) is 5.51. The Kier molecular flexibility index (Phi) is 7.06. The number of hydrogen-bond acceptors (Lipinski definition) is 2. The molecule has 1 aliphatic carbocycles. The maximum atomic E-state index is 5.62. The van der Waals surface area contributed by atoms with Crippen LogP contribution in [0.1, 0.15) is 52.9 Å². The van der Waals surface area contributed by atoms with E-state index in [1.54, 1.807) is 0 Å². The molecular formula is C14H29NO. The summed E-state index contributed by atoms with van der Waals surface area (Å²) in [5, 5.41) is 3.68. The zero-order valence-electron chi connectivity index (χ0n) is 11.3. The van der Waals surface area contributed by atoms with E-state index in [1.165, 1.54) is 38.6 Å². The van der Waals surface area contributed by atoms with Crippen molar-refractivity contribution in [2.75, 3.05) is 19.8 Å². The summed E-state index contributed by atoms with van der Waals surface area (Å²) in [6, 6.07) is 0.766. The average Bonchev–Trinajstić information content (AvgIpc) is 3.05. The van der Waals surface area contributed by atoms with Crippen molar-refractivity contribution in [3.05, 3.63) is 0 Å². The lowest BCUT2D eigenvalue weighted by atomic mass is 10.1. The van der Waals surface area contributed by atoms with Gasteiger partial charge in [0, 0.05) is 19.3 Å². The Balaban J connectivity index is 1.99. The molecule has 1 saturated carbocycles. The predicted molar refractivity (Wildman–Crippen MR) is 69.7 cm³/mol. The van der Waals surface area contributed by atoms with E-state index in [9.17, 15) is 0 Å². The fourth-order valence-corrected chi connectivity index (χ4v) is 2.06. The third-order valence-electron chi connectivity index (χ3n) is 3.10. The molecule has 0 aromatic carbocycles. The van der Waals surface area contributed by atoms with Gasteiger partial charge < -0.3 is 10.1 Å². The highest BCUT2D eigenvalue weighted by Gasteiger charge is 2.29. The molecule has 2 nitrogen and oxygen atoms in total. The third kappa shape index (κ3) is 6.49. The third-order valence-corrected chi connectivity index (χ3v) is 3.10. The summed E-state index contributed by atoms with van der Waals surface area (Å²) in [6.45, 7) is 9.67. The van der Waals surface area contributed by atoms with Crippen LogP contribution in [0.25, 0.3) is 0 Å². The van der Waals surface area contributed by atoms with Gasteiger partial charge in [0.05, 0.1) is 0 Å². The van der Waals surface area contributed by atoms with Crippen LogP contribution in [0, 0.1) is 11.8 Å². The van der Waals surface area contributed by atoms with E-state index in [0.29, 0.717) is 5.92 Å². The molecule has 2 heteroatoms. The van der Waals surface area contributed by atoms with Crippen molar-refractivity contribution < 1.29 is 4.74 Å². The lowest BCUT2D eigenvalue weighted by Gasteiger charge is -2.17. The molecule has 0 radical (unpaired) electrons. The summed E-state index contributed by atoms with van der Waals surface area (Å²) >= 11 is 0. The van der Waals surface area contributed by atoms with E-state index in [0.717, 1.165) is 25.2 Å². The first kappa shape index (κ1) is 14.0. The van der Waals surface area contributed by atoms with Gasteiger partial charge in [-0.15, -0.1) is 0 Å². The number of hydrogen-bond donors (Lipinski definition) is 1. The molecule has 0 aromatic rings. The summed E-state index contributed by atoms with van der Waals surface area (Å²) in [5.74, 6) is 1.63. The van der Waals surface area contributed by atoms with Gasteiger partial charge in [-0.25, -0.2) is 0 Å². The van der Waals surface area contributed by atoms with Gasteiger partial charge in [0.25, 0.3) is 0 Å². The van der Waals surface area contributed by atoms with Crippen LogP contribution in [0.2, 0.25) is 0 Å². The minimum atomic E-state index is 0.664. The van der Waals surface area contributed by atoms with Crippen LogP contribution in [-0.4, -0.2) is 25.8 Å². The molecule has 0 saturated heterocycles. The van der Waals surface area contributed by atoms with Crippen molar-refractivity contribution >= 4 is 0 Å². The van der Waals surface area contributed by atoms with Crippen LogP contribution in [0.15, 0.2) is 0 Å². The quantitative estimate of drug-likeness (QED) is 0.579. The van der Waals surface area contributed by atoms with Gasteiger partial charge in [-0.3, -0.25) is 0 Å². The zero-order chi connectivity index (χ0) is 11.8. The van der Waals surface area contributed by atoms with Crippen molar-refractivity contribution in [3.63, 3.8) is 0 Å². The largest absolute Gasteiger partial charge is 0.381 e. The smallest absolute Gasteiger partial charge is 0.0488 e. The van der Waals surface area contributed by atoms with Crippen LogP contribution in [0.5, 0.6) is 0 Å². The molecule has 0 aromatic heterocycles. The van der Waals surface area contributed by atoms with Gasteiger partial charge in [0.15, 0.2) is 0 Å². The summed E-state index contributed by atoms with van der Waals surface area (Å²) in [7, 11) is 0. The highest BCUT2D eigenvalue weighted by atomic mass is 16.5. The summed E-state index contributed by atoms with van der Waals surface area (Å²) < 4.78 is 5.62. The van der Waals surface area contributed by atoms with E-state index < -0.39 is 0 Å². The minimum Gasteiger partial charge on any atom is -0.381 e. The Labute approximate surface area is 101 Å². The Morgan fingerprint density at radius 3 is 2.62 bits per heavy atom. The molecule has 1 N–H and O–H groups in total. The molecule has 96 valence electrons. The molecule has 0 aliphatic heterocycles. The first-order valence-corrected chi connectivity index (χ1v) is 7.05. The topological polar surface area (TPSA) is 21.3 Å². The fraction of sp³-hybridized carbons (Fsp3) is 1.00. The fourth-order valence-electron chi connectivity index (χ4n) is 2.06. The average molecular weight is 227 g/mol. The maximum Gasteiger partial charge on any atom is 0.0488 e. The monoisotopic (exact) mass is 227 g/mol. The van der Waals surface area contributed by atoms with Gasteiger partial charge in [-0.1, -0.05) is 20.8 Å². The van der Waals surface area contributed by atoms with E-state index in [1.807, 2.05) is 0 Å². The minimum absolute atomic E-state index is 0.664. The zero-order valence-corrected chi connectivity index (χ0v) is 11.3. The second kappa shape index (κ2) is 8.08. The summed E-state index contributed by atoms with van der Waals surface area (Å²) in [4.78, 5) is 0. The Bertz CT molecular complexity index is 166. The van der Waals surface area contributed by atoms with Gasteiger partial charge >= 0.3 is 0 Å².